The number of amides is 1. The van der Waals surface area contributed by atoms with E-state index in [2.05, 4.69) is 27.0 Å². The van der Waals surface area contributed by atoms with E-state index >= 15 is 0 Å². The van der Waals surface area contributed by atoms with E-state index in [-0.39, 0.29) is 42.0 Å². The fourth-order valence-electron chi connectivity index (χ4n) is 6.31. The molecule has 2 saturated heterocycles. The highest BCUT2D eigenvalue weighted by molar-refractivity contribution is 5.82. The number of hydrogen-bond acceptors (Lipinski definition) is 6. The summed E-state index contributed by atoms with van der Waals surface area (Å²) in [6.45, 7) is 7.04. The average Bonchev–Trinajstić information content (AvgIpc) is 3.56. The number of carbonyl (C=O) groups excluding carboxylic acids is 1. The van der Waals surface area contributed by atoms with Crippen LogP contribution in [0.4, 0.5) is 0 Å². The van der Waals surface area contributed by atoms with Crippen molar-refractivity contribution in [2.75, 3.05) is 39.3 Å². The molecule has 5 rings (SSSR count). The fourth-order valence-corrected chi connectivity index (χ4v) is 6.31. The predicted octanol–water partition coefficient (Wildman–Crippen LogP) is 1.50. The normalized spacial score (nSPS) is 26.5. The summed E-state index contributed by atoms with van der Waals surface area (Å²) in [4.78, 5) is 35.5. The van der Waals surface area contributed by atoms with Crippen molar-refractivity contribution in [3.05, 3.63) is 52.7 Å². The first-order valence-electron chi connectivity index (χ1n) is 12.6. The molecule has 3 aliphatic heterocycles. The second kappa shape index (κ2) is 9.98. The van der Waals surface area contributed by atoms with Gasteiger partial charge >= 0.3 is 0 Å². The minimum absolute atomic E-state index is 0.00183. The molecule has 0 radical (unpaired) electrons. The Morgan fingerprint density at radius 1 is 1.21 bits per heavy atom. The van der Waals surface area contributed by atoms with E-state index in [9.17, 15) is 14.7 Å². The number of aliphatic hydroxyl groups is 1. The Morgan fingerprint density at radius 2 is 2.03 bits per heavy atom. The Bertz CT molecular complexity index is 1070. The zero-order valence-electron chi connectivity index (χ0n) is 19.9. The molecule has 3 aliphatic rings. The molecule has 8 nitrogen and oxygen atoms in total. The minimum atomic E-state index is -0.375. The lowest BCUT2D eigenvalue weighted by molar-refractivity contribution is -0.127. The minimum Gasteiger partial charge on any atom is -0.396 e. The summed E-state index contributed by atoms with van der Waals surface area (Å²) >= 11 is 0. The number of nitrogens with zero attached hydrogens (tertiary/aromatic N) is 4. The molecule has 182 valence electrons. The summed E-state index contributed by atoms with van der Waals surface area (Å²) in [5.74, 6) is -0.172. The molecule has 0 unspecified atom stereocenters. The molecule has 2 aromatic heterocycles. The fraction of sp³-hybridized carbons (Fsp3) is 0.577. The molecule has 2 fully saturated rings. The van der Waals surface area contributed by atoms with E-state index in [0.717, 1.165) is 43.9 Å². The van der Waals surface area contributed by atoms with E-state index in [4.69, 9.17) is 0 Å². The maximum absolute atomic E-state index is 13.4. The van der Waals surface area contributed by atoms with Gasteiger partial charge in [0.1, 0.15) is 0 Å². The van der Waals surface area contributed by atoms with Crippen LogP contribution in [0.2, 0.25) is 0 Å². The predicted molar refractivity (Wildman–Crippen MR) is 130 cm³/mol. The van der Waals surface area contributed by atoms with E-state index < -0.39 is 0 Å². The lowest BCUT2D eigenvalue weighted by Crippen LogP contribution is -2.49. The summed E-state index contributed by atoms with van der Waals surface area (Å²) < 4.78 is 1.85. The number of fused-ring (bicyclic) bond motifs is 3. The molecule has 0 aliphatic carbocycles. The highest BCUT2D eigenvalue weighted by Gasteiger charge is 2.55. The number of rotatable bonds is 8. The van der Waals surface area contributed by atoms with Gasteiger partial charge in [0.25, 0.3) is 5.56 Å². The van der Waals surface area contributed by atoms with E-state index in [1.54, 1.807) is 12.4 Å². The van der Waals surface area contributed by atoms with Crippen LogP contribution in [0.15, 0.2) is 41.5 Å². The maximum Gasteiger partial charge on any atom is 0.258 e. The van der Waals surface area contributed by atoms with E-state index in [1.807, 2.05) is 28.8 Å². The van der Waals surface area contributed by atoms with Crippen LogP contribution in [-0.4, -0.2) is 75.7 Å². The van der Waals surface area contributed by atoms with Gasteiger partial charge in [-0.1, -0.05) is 13.0 Å². The van der Waals surface area contributed by atoms with Crippen LogP contribution < -0.4 is 10.9 Å². The Morgan fingerprint density at radius 3 is 2.74 bits per heavy atom. The molecule has 5 heterocycles. The summed E-state index contributed by atoms with van der Waals surface area (Å²) in [5.41, 5.74) is 2.36. The maximum atomic E-state index is 13.4. The van der Waals surface area contributed by atoms with Crippen LogP contribution >= 0.6 is 0 Å². The zero-order chi connectivity index (χ0) is 23.7. The van der Waals surface area contributed by atoms with Crippen molar-refractivity contribution >= 4 is 5.91 Å². The highest BCUT2D eigenvalue weighted by atomic mass is 16.3. The number of hydrogen-bond donors (Lipinski definition) is 2. The molecule has 0 aromatic carbocycles. The molecule has 34 heavy (non-hydrogen) atoms. The van der Waals surface area contributed by atoms with Crippen LogP contribution in [0.5, 0.6) is 0 Å². The summed E-state index contributed by atoms with van der Waals surface area (Å²) in [7, 11) is 0. The lowest BCUT2D eigenvalue weighted by Gasteiger charge is -2.30. The van der Waals surface area contributed by atoms with Gasteiger partial charge in [0.05, 0.1) is 12.1 Å². The molecule has 0 bridgehead atoms. The van der Waals surface area contributed by atoms with Crippen molar-refractivity contribution in [2.24, 2.45) is 11.8 Å². The summed E-state index contributed by atoms with van der Waals surface area (Å²) in [6, 6.07) is 7.23. The molecule has 2 N–H and O–H groups in total. The number of aliphatic hydroxyl groups excluding tert-OH is 1. The van der Waals surface area contributed by atoms with Gasteiger partial charge < -0.3 is 19.9 Å². The van der Waals surface area contributed by atoms with Gasteiger partial charge in [-0.2, -0.15) is 0 Å². The van der Waals surface area contributed by atoms with Gasteiger partial charge in [-0.05, 0) is 57.1 Å². The van der Waals surface area contributed by atoms with Gasteiger partial charge in [0, 0.05) is 67.3 Å². The topological polar surface area (TPSA) is 90.7 Å². The van der Waals surface area contributed by atoms with Gasteiger partial charge in [0.15, 0.2) is 0 Å². The Hall–Kier alpha value is -2.55. The van der Waals surface area contributed by atoms with Crippen LogP contribution in [0.25, 0.3) is 11.1 Å². The molecule has 0 saturated carbocycles. The van der Waals surface area contributed by atoms with E-state index in [1.165, 1.54) is 12.8 Å². The summed E-state index contributed by atoms with van der Waals surface area (Å²) in [6.07, 6.45) is 6.78. The van der Waals surface area contributed by atoms with Crippen LogP contribution in [-0.2, 0) is 11.3 Å². The first-order chi connectivity index (χ1) is 16.6. The molecule has 4 atom stereocenters. The SMILES string of the molecule is CCCN1[C@@H]2c3ccc(-c4cccnc4)c(=O)n3C[C@@H]2[C@@H](CO)[C@@H]1C(=O)NCCN1CCCC1. The van der Waals surface area contributed by atoms with Crippen molar-refractivity contribution in [1.29, 1.82) is 0 Å². The lowest BCUT2D eigenvalue weighted by atomic mass is 9.88. The van der Waals surface area contributed by atoms with Crippen LogP contribution in [0.3, 0.4) is 0 Å². The second-order valence-corrected chi connectivity index (χ2v) is 9.81. The standard InChI is InChI=1S/C26H35N5O3/c1-2-11-30-23-20(21(17-32)24(30)25(33)28-10-14-29-12-3-4-13-29)16-31-22(23)8-7-19(26(31)34)18-6-5-9-27-15-18/h5-9,15,20-21,23-24,32H,2-4,10-14,16-17H2,1H3,(H,28,33)/t20-,21-,23+,24-/m1/s1. The number of likely N-dealkylation sites (tertiary alicyclic amines) is 2. The van der Waals surface area contributed by atoms with E-state index in [0.29, 0.717) is 18.7 Å². The monoisotopic (exact) mass is 465 g/mol. The van der Waals surface area contributed by atoms with Crippen molar-refractivity contribution in [1.82, 2.24) is 24.7 Å². The Kier molecular flexibility index (Phi) is 6.81. The Balaban J connectivity index is 1.40. The second-order valence-electron chi connectivity index (χ2n) is 9.81. The highest BCUT2D eigenvalue weighted by Crippen LogP contribution is 2.49. The van der Waals surface area contributed by atoms with Gasteiger partial charge in [-0.3, -0.25) is 19.5 Å². The molecular weight excluding hydrogens is 430 g/mol. The van der Waals surface area contributed by atoms with Crippen molar-refractivity contribution in [2.45, 2.75) is 44.8 Å². The largest absolute Gasteiger partial charge is 0.396 e. The smallest absolute Gasteiger partial charge is 0.258 e. The zero-order valence-corrected chi connectivity index (χ0v) is 19.9. The van der Waals surface area contributed by atoms with Crippen LogP contribution in [0.1, 0.15) is 37.9 Å². The molecule has 2 aromatic rings. The first-order valence-corrected chi connectivity index (χ1v) is 12.6. The average molecular weight is 466 g/mol. The van der Waals surface area contributed by atoms with Crippen molar-refractivity contribution in [3.8, 4) is 11.1 Å². The number of nitrogens with one attached hydrogen (secondary N) is 1. The third-order valence-electron chi connectivity index (χ3n) is 7.84. The number of carbonyl (C=O) groups is 1. The van der Waals surface area contributed by atoms with Crippen molar-refractivity contribution < 1.29 is 9.90 Å². The van der Waals surface area contributed by atoms with Gasteiger partial charge in [-0.25, -0.2) is 0 Å². The molecule has 0 spiro atoms. The quantitative estimate of drug-likeness (QED) is 0.614. The third-order valence-corrected chi connectivity index (χ3v) is 7.84. The Labute approximate surface area is 200 Å². The van der Waals surface area contributed by atoms with Gasteiger partial charge in [-0.15, -0.1) is 0 Å². The van der Waals surface area contributed by atoms with Crippen molar-refractivity contribution in [3.63, 3.8) is 0 Å². The first kappa shape index (κ1) is 23.2. The number of aromatic nitrogens is 2. The summed E-state index contributed by atoms with van der Waals surface area (Å²) in [5, 5.41) is 13.5. The molecule has 1 amide bonds. The van der Waals surface area contributed by atoms with Gasteiger partial charge in [0.2, 0.25) is 5.91 Å². The number of pyridine rings is 2. The molecule has 8 heteroatoms. The van der Waals surface area contributed by atoms with Crippen LogP contribution in [0, 0.1) is 11.8 Å². The molecular formula is C26H35N5O3. The third kappa shape index (κ3) is 4.08.